The molecule has 0 aliphatic rings. The lowest BCUT2D eigenvalue weighted by Crippen LogP contribution is -2.38. The number of nitrogens with two attached hydrogens (primary N) is 1. The van der Waals surface area contributed by atoms with Crippen LogP contribution < -0.4 is 5.73 Å². The van der Waals surface area contributed by atoms with E-state index in [0.29, 0.717) is 0 Å². The van der Waals surface area contributed by atoms with Gasteiger partial charge < -0.3 is 5.73 Å². The first kappa shape index (κ1) is 10.9. The van der Waals surface area contributed by atoms with Crippen molar-refractivity contribution in [2.24, 2.45) is 5.73 Å². The summed E-state index contributed by atoms with van der Waals surface area (Å²) in [6.45, 7) is 5.19. The maximum absolute atomic E-state index is 5.43. The molecule has 0 radical (unpaired) electrons. The molecule has 0 atom stereocenters. The zero-order valence-electron chi connectivity index (χ0n) is 8.01. The first-order chi connectivity index (χ1) is 5.22. The standard InChI is InChI=1S/C8H21N3/c1-4-7-11(10(2)3)8-5-6-9/h4-9H2,1-3H3. The second-order valence-corrected chi connectivity index (χ2v) is 2.94. The molecule has 3 heteroatoms. The molecule has 2 N–H and O–H groups in total. The molecule has 3 nitrogen and oxygen atoms in total. The van der Waals surface area contributed by atoms with Crippen molar-refractivity contribution in [3.8, 4) is 0 Å². The first-order valence-electron chi connectivity index (χ1n) is 4.34. The minimum Gasteiger partial charge on any atom is -0.330 e. The van der Waals surface area contributed by atoms with Crippen molar-refractivity contribution in [3.05, 3.63) is 0 Å². The Labute approximate surface area is 70.1 Å². The SMILES string of the molecule is CCCN(CCCN)N(C)C. The van der Waals surface area contributed by atoms with Crippen LogP contribution in [0.15, 0.2) is 0 Å². The second kappa shape index (κ2) is 6.58. The van der Waals surface area contributed by atoms with Crippen LogP contribution in [0.1, 0.15) is 19.8 Å². The fraction of sp³-hybridized carbons (Fsp3) is 1.00. The predicted molar refractivity (Wildman–Crippen MR) is 49.2 cm³/mol. The summed E-state index contributed by atoms with van der Waals surface area (Å²) in [4.78, 5) is 0. The molecular formula is C8H21N3. The van der Waals surface area contributed by atoms with Crippen LogP contribution in [0, 0.1) is 0 Å². The fourth-order valence-electron chi connectivity index (χ4n) is 1.04. The van der Waals surface area contributed by atoms with Crippen molar-refractivity contribution in [3.63, 3.8) is 0 Å². The lowest BCUT2D eigenvalue weighted by molar-refractivity contribution is 0.0248. The van der Waals surface area contributed by atoms with E-state index in [0.717, 1.165) is 26.1 Å². The van der Waals surface area contributed by atoms with Gasteiger partial charge in [-0.3, -0.25) is 0 Å². The summed E-state index contributed by atoms with van der Waals surface area (Å²) in [5, 5.41) is 4.45. The summed E-state index contributed by atoms with van der Waals surface area (Å²) in [6, 6.07) is 0. The van der Waals surface area contributed by atoms with E-state index >= 15 is 0 Å². The Morgan fingerprint density at radius 3 is 2.18 bits per heavy atom. The zero-order valence-corrected chi connectivity index (χ0v) is 8.01. The molecule has 0 rings (SSSR count). The highest BCUT2D eigenvalue weighted by Crippen LogP contribution is 1.94. The van der Waals surface area contributed by atoms with Crippen molar-refractivity contribution >= 4 is 0 Å². The fourth-order valence-corrected chi connectivity index (χ4v) is 1.04. The van der Waals surface area contributed by atoms with Crippen LogP contribution in [-0.2, 0) is 0 Å². The topological polar surface area (TPSA) is 32.5 Å². The molecule has 0 heterocycles. The van der Waals surface area contributed by atoms with Gasteiger partial charge in [-0.2, -0.15) is 0 Å². The molecular weight excluding hydrogens is 138 g/mol. The van der Waals surface area contributed by atoms with Gasteiger partial charge in [-0.1, -0.05) is 6.92 Å². The van der Waals surface area contributed by atoms with Crippen LogP contribution in [0.5, 0.6) is 0 Å². The van der Waals surface area contributed by atoms with Crippen LogP contribution in [0.3, 0.4) is 0 Å². The molecule has 0 saturated carbocycles. The molecule has 0 spiro atoms. The molecule has 0 aliphatic carbocycles. The van der Waals surface area contributed by atoms with Gasteiger partial charge in [0.15, 0.2) is 0 Å². The molecule has 0 unspecified atom stereocenters. The van der Waals surface area contributed by atoms with E-state index in [1.807, 2.05) is 0 Å². The summed E-state index contributed by atoms with van der Waals surface area (Å²) >= 11 is 0. The average Bonchev–Trinajstić information content (AvgIpc) is 1.97. The predicted octanol–water partition coefficient (Wildman–Crippen LogP) is 0.524. The molecule has 0 amide bonds. The molecule has 0 saturated heterocycles. The van der Waals surface area contributed by atoms with Gasteiger partial charge in [0, 0.05) is 27.2 Å². The van der Waals surface area contributed by atoms with Gasteiger partial charge in [0.1, 0.15) is 0 Å². The highest BCUT2D eigenvalue weighted by atomic mass is 15.6. The summed E-state index contributed by atoms with van der Waals surface area (Å²) in [5.41, 5.74) is 5.43. The van der Waals surface area contributed by atoms with Crippen molar-refractivity contribution in [1.82, 2.24) is 10.0 Å². The maximum atomic E-state index is 5.43. The first-order valence-corrected chi connectivity index (χ1v) is 4.34. The normalized spacial score (nSPS) is 11.5. The van der Waals surface area contributed by atoms with E-state index in [2.05, 4.69) is 31.0 Å². The maximum Gasteiger partial charge on any atom is 0.0145 e. The highest BCUT2D eigenvalue weighted by molar-refractivity contribution is 4.51. The molecule has 11 heavy (non-hydrogen) atoms. The van der Waals surface area contributed by atoms with Crippen LogP contribution in [0.4, 0.5) is 0 Å². The zero-order chi connectivity index (χ0) is 8.69. The molecule has 0 aromatic carbocycles. The summed E-state index contributed by atoms with van der Waals surface area (Å²) in [5.74, 6) is 0. The lowest BCUT2D eigenvalue weighted by Gasteiger charge is -2.28. The quantitative estimate of drug-likeness (QED) is 0.574. The number of hydrogen-bond donors (Lipinski definition) is 1. The van der Waals surface area contributed by atoms with Gasteiger partial charge in [-0.15, -0.1) is 0 Å². The largest absolute Gasteiger partial charge is 0.330 e. The van der Waals surface area contributed by atoms with Gasteiger partial charge in [0.2, 0.25) is 0 Å². The van der Waals surface area contributed by atoms with Gasteiger partial charge in [-0.25, -0.2) is 10.0 Å². The van der Waals surface area contributed by atoms with Crippen molar-refractivity contribution in [1.29, 1.82) is 0 Å². The summed E-state index contributed by atoms with van der Waals surface area (Å²) in [6.07, 6.45) is 2.28. The van der Waals surface area contributed by atoms with Crippen LogP contribution in [-0.4, -0.2) is 43.7 Å². The lowest BCUT2D eigenvalue weighted by atomic mass is 10.4. The van der Waals surface area contributed by atoms with Crippen LogP contribution in [0.25, 0.3) is 0 Å². The van der Waals surface area contributed by atoms with Crippen molar-refractivity contribution in [2.75, 3.05) is 33.7 Å². The Morgan fingerprint density at radius 1 is 1.18 bits per heavy atom. The Kier molecular flexibility index (Phi) is 6.51. The Balaban J connectivity index is 3.51. The monoisotopic (exact) mass is 159 g/mol. The molecule has 0 aromatic heterocycles. The minimum atomic E-state index is 0.786. The van der Waals surface area contributed by atoms with E-state index in [1.54, 1.807) is 0 Å². The highest BCUT2D eigenvalue weighted by Gasteiger charge is 2.03. The molecule has 0 aliphatic heterocycles. The summed E-state index contributed by atoms with van der Waals surface area (Å²) < 4.78 is 0. The van der Waals surface area contributed by atoms with Crippen LogP contribution in [0.2, 0.25) is 0 Å². The Morgan fingerprint density at radius 2 is 1.82 bits per heavy atom. The van der Waals surface area contributed by atoms with E-state index in [4.69, 9.17) is 5.73 Å². The van der Waals surface area contributed by atoms with Crippen LogP contribution >= 0.6 is 0 Å². The molecule has 68 valence electrons. The third-order valence-corrected chi connectivity index (χ3v) is 1.67. The molecule has 0 aromatic rings. The van der Waals surface area contributed by atoms with Crippen molar-refractivity contribution < 1.29 is 0 Å². The van der Waals surface area contributed by atoms with E-state index < -0.39 is 0 Å². The Bertz CT molecular complexity index is 83.4. The molecule has 0 fully saturated rings. The number of rotatable bonds is 6. The van der Waals surface area contributed by atoms with E-state index in [9.17, 15) is 0 Å². The molecule has 0 bridgehead atoms. The summed E-state index contributed by atoms with van der Waals surface area (Å²) in [7, 11) is 4.15. The third kappa shape index (κ3) is 5.18. The smallest absolute Gasteiger partial charge is 0.0145 e. The van der Waals surface area contributed by atoms with Gasteiger partial charge in [-0.05, 0) is 19.4 Å². The minimum absolute atomic E-state index is 0.786. The number of hydrazine groups is 1. The number of hydrogen-bond acceptors (Lipinski definition) is 3. The van der Waals surface area contributed by atoms with Crippen molar-refractivity contribution in [2.45, 2.75) is 19.8 Å². The van der Waals surface area contributed by atoms with E-state index in [-0.39, 0.29) is 0 Å². The number of nitrogens with zero attached hydrogens (tertiary/aromatic N) is 2. The average molecular weight is 159 g/mol. The second-order valence-electron chi connectivity index (χ2n) is 2.94. The third-order valence-electron chi connectivity index (χ3n) is 1.67. The van der Waals surface area contributed by atoms with E-state index in [1.165, 1.54) is 6.42 Å². The van der Waals surface area contributed by atoms with Gasteiger partial charge in [0.05, 0.1) is 0 Å². The Hall–Kier alpha value is -0.120. The van der Waals surface area contributed by atoms with Gasteiger partial charge in [0.25, 0.3) is 0 Å². The van der Waals surface area contributed by atoms with Gasteiger partial charge >= 0.3 is 0 Å².